The molecule has 33 heavy (non-hydrogen) atoms. The van der Waals surface area contributed by atoms with Crippen molar-refractivity contribution in [3.05, 3.63) is 60.2 Å². The van der Waals surface area contributed by atoms with Crippen molar-refractivity contribution < 1.29 is 19.1 Å². The molecule has 0 aromatic heterocycles. The molecule has 0 saturated carbocycles. The van der Waals surface area contributed by atoms with Gasteiger partial charge in [0.1, 0.15) is 6.04 Å². The summed E-state index contributed by atoms with van der Waals surface area (Å²) in [5.74, 6) is -1.13. The maximum absolute atomic E-state index is 12.7. The molecule has 1 aliphatic rings. The number of esters is 1. The van der Waals surface area contributed by atoms with Gasteiger partial charge in [-0.2, -0.15) is 0 Å². The van der Waals surface area contributed by atoms with Crippen molar-refractivity contribution in [1.82, 2.24) is 15.5 Å². The summed E-state index contributed by atoms with van der Waals surface area (Å²) >= 11 is 5.42. The lowest BCUT2D eigenvalue weighted by Crippen LogP contribution is -2.60. The summed E-state index contributed by atoms with van der Waals surface area (Å²) in [5, 5.41) is 5.56. The van der Waals surface area contributed by atoms with Crippen LogP contribution in [0.4, 0.5) is 0 Å². The van der Waals surface area contributed by atoms with E-state index in [-0.39, 0.29) is 23.3 Å². The summed E-state index contributed by atoms with van der Waals surface area (Å²) in [6.45, 7) is 3.17. The van der Waals surface area contributed by atoms with Crippen LogP contribution in [0.3, 0.4) is 0 Å². The van der Waals surface area contributed by atoms with Crippen molar-refractivity contribution in [3.63, 3.8) is 0 Å². The highest BCUT2D eigenvalue weighted by Gasteiger charge is 2.34. The van der Waals surface area contributed by atoms with E-state index in [1.807, 2.05) is 42.5 Å². The Kier molecular flexibility index (Phi) is 8.95. The molecule has 0 spiro atoms. The number of unbranched alkanes of at least 4 members (excludes halogenated alkanes) is 2. The molecular formula is C25H29N3O4S. The molecule has 2 aromatic rings. The number of amides is 2. The number of benzene rings is 2. The van der Waals surface area contributed by atoms with Crippen LogP contribution < -0.4 is 10.6 Å². The third kappa shape index (κ3) is 6.86. The molecule has 0 radical (unpaired) electrons. The molecule has 1 unspecified atom stereocenters. The number of rotatable bonds is 8. The first kappa shape index (κ1) is 24.4. The van der Waals surface area contributed by atoms with Gasteiger partial charge in [-0.3, -0.25) is 19.7 Å². The van der Waals surface area contributed by atoms with Crippen LogP contribution in [0.15, 0.2) is 54.6 Å². The highest BCUT2D eigenvalue weighted by Crippen LogP contribution is 2.19. The van der Waals surface area contributed by atoms with E-state index in [1.54, 1.807) is 17.0 Å². The Bertz CT molecular complexity index is 979. The predicted molar refractivity (Wildman–Crippen MR) is 131 cm³/mol. The second-order valence-electron chi connectivity index (χ2n) is 7.83. The monoisotopic (exact) mass is 467 g/mol. The number of nitrogens with one attached hydrogen (secondary N) is 2. The second kappa shape index (κ2) is 12.1. The highest BCUT2D eigenvalue weighted by molar-refractivity contribution is 7.80. The summed E-state index contributed by atoms with van der Waals surface area (Å²) < 4.78 is 5.25. The lowest BCUT2D eigenvalue weighted by Gasteiger charge is -2.36. The molecule has 1 aliphatic heterocycles. The molecule has 7 nitrogen and oxygen atoms in total. The van der Waals surface area contributed by atoms with Gasteiger partial charge in [-0.1, -0.05) is 62.2 Å². The molecule has 1 heterocycles. The number of hydrogen-bond donors (Lipinski definition) is 2. The van der Waals surface area contributed by atoms with E-state index in [9.17, 15) is 14.4 Å². The van der Waals surface area contributed by atoms with Gasteiger partial charge in [0.25, 0.3) is 5.91 Å². The van der Waals surface area contributed by atoms with Crippen molar-refractivity contribution in [2.75, 3.05) is 19.7 Å². The third-order valence-electron chi connectivity index (χ3n) is 5.44. The number of piperazine rings is 1. The molecule has 3 rings (SSSR count). The molecule has 2 amide bonds. The van der Waals surface area contributed by atoms with E-state index in [2.05, 4.69) is 17.6 Å². The first-order valence-electron chi connectivity index (χ1n) is 11.2. The van der Waals surface area contributed by atoms with Crippen LogP contribution in [0.1, 0.15) is 43.0 Å². The third-order valence-corrected chi connectivity index (χ3v) is 5.77. The molecule has 1 fully saturated rings. The van der Waals surface area contributed by atoms with Crippen molar-refractivity contribution in [2.24, 2.45) is 0 Å². The minimum absolute atomic E-state index is 0.116. The number of carbonyl (C=O) groups excluding carboxylic acids is 3. The zero-order valence-corrected chi connectivity index (χ0v) is 19.5. The van der Waals surface area contributed by atoms with Crippen molar-refractivity contribution >= 4 is 35.1 Å². The average molecular weight is 468 g/mol. The fourth-order valence-corrected chi connectivity index (χ4v) is 3.91. The minimum atomic E-state index is -0.814. The van der Waals surface area contributed by atoms with Gasteiger partial charge < -0.3 is 15.0 Å². The molecular weight excluding hydrogens is 438 g/mol. The van der Waals surface area contributed by atoms with E-state index < -0.39 is 12.0 Å². The molecule has 1 atom stereocenters. The Hall–Kier alpha value is -3.26. The first-order valence-corrected chi connectivity index (χ1v) is 11.6. The number of carbonyl (C=O) groups is 3. The van der Waals surface area contributed by atoms with Crippen molar-refractivity contribution in [1.29, 1.82) is 0 Å². The Morgan fingerprint density at radius 2 is 1.79 bits per heavy atom. The second-order valence-corrected chi connectivity index (χ2v) is 8.22. The summed E-state index contributed by atoms with van der Waals surface area (Å²) in [6, 6.07) is 16.3. The zero-order chi connectivity index (χ0) is 23.6. The normalized spacial score (nSPS) is 15.5. The molecule has 174 valence electrons. The highest BCUT2D eigenvalue weighted by atomic mass is 32.1. The molecule has 2 N–H and O–H groups in total. The van der Waals surface area contributed by atoms with Crippen LogP contribution in [0.25, 0.3) is 11.1 Å². The Labute approximate surface area is 199 Å². The summed E-state index contributed by atoms with van der Waals surface area (Å²) in [5.41, 5.74) is 2.51. The van der Waals surface area contributed by atoms with Gasteiger partial charge in [-0.25, -0.2) is 0 Å². The lowest BCUT2D eigenvalue weighted by molar-refractivity contribution is -0.147. The largest absolute Gasteiger partial charge is 0.466 e. The fourth-order valence-electron chi connectivity index (χ4n) is 3.60. The van der Waals surface area contributed by atoms with Gasteiger partial charge in [0.15, 0.2) is 5.11 Å². The predicted octanol–water partition coefficient (Wildman–Crippen LogP) is 3.29. The SMILES string of the molecule is CCCCCOC(=O)CC1C(=O)NCCN1C(=S)NC(=O)c1ccc(-c2ccccc2)cc1. The summed E-state index contributed by atoms with van der Waals surface area (Å²) in [7, 11) is 0. The summed E-state index contributed by atoms with van der Waals surface area (Å²) in [6.07, 6.45) is 2.67. The van der Waals surface area contributed by atoms with Crippen LogP contribution in [0.2, 0.25) is 0 Å². The van der Waals surface area contributed by atoms with Crippen LogP contribution in [0.5, 0.6) is 0 Å². The van der Waals surface area contributed by atoms with Gasteiger partial charge in [-0.15, -0.1) is 0 Å². The molecule has 8 heteroatoms. The van der Waals surface area contributed by atoms with E-state index in [0.29, 0.717) is 25.3 Å². The maximum atomic E-state index is 12.7. The fraction of sp³-hybridized carbons (Fsp3) is 0.360. The molecule has 1 saturated heterocycles. The Balaban J connectivity index is 1.60. The number of hydrogen-bond acceptors (Lipinski definition) is 5. The number of thiocarbonyl (C=S) groups is 1. The van der Waals surface area contributed by atoms with E-state index in [1.165, 1.54) is 0 Å². The van der Waals surface area contributed by atoms with Crippen LogP contribution in [-0.2, 0) is 14.3 Å². The Morgan fingerprint density at radius 1 is 1.09 bits per heavy atom. The van der Waals surface area contributed by atoms with Crippen molar-refractivity contribution in [3.8, 4) is 11.1 Å². The minimum Gasteiger partial charge on any atom is -0.466 e. The lowest BCUT2D eigenvalue weighted by atomic mass is 10.0. The zero-order valence-electron chi connectivity index (χ0n) is 18.7. The standard InChI is InChI=1S/C25H29N3O4S/c1-2-3-7-16-32-22(29)17-21-24(31)26-14-15-28(21)25(33)27-23(30)20-12-10-19(11-13-20)18-8-5-4-6-9-18/h4-6,8-13,21H,2-3,7,14-17H2,1H3,(H,26,31)(H,27,30,33). The summed E-state index contributed by atoms with van der Waals surface area (Å²) in [4.78, 5) is 39.0. The average Bonchev–Trinajstić information content (AvgIpc) is 2.83. The molecule has 0 aliphatic carbocycles. The van der Waals surface area contributed by atoms with Gasteiger partial charge in [0, 0.05) is 18.7 Å². The van der Waals surface area contributed by atoms with Gasteiger partial charge in [0.05, 0.1) is 13.0 Å². The quantitative estimate of drug-likeness (QED) is 0.352. The van der Waals surface area contributed by atoms with E-state index in [4.69, 9.17) is 17.0 Å². The molecule has 2 aromatic carbocycles. The van der Waals surface area contributed by atoms with Crippen LogP contribution >= 0.6 is 12.2 Å². The topological polar surface area (TPSA) is 87.7 Å². The number of nitrogens with zero attached hydrogens (tertiary/aromatic N) is 1. The van der Waals surface area contributed by atoms with Crippen LogP contribution in [-0.4, -0.2) is 53.5 Å². The van der Waals surface area contributed by atoms with Gasteiger partial charge in [-0.05, 0) is 41.9 Å². The molecule has 0 bridgehead atoms. The number of ether oxygens (including phenoxy) is 1. The van der Waals surface area contributed by atoms with Gasteiger partial charge in [0.2, 0.25) is 5.91 Å². The maximum Gasteiger partial charge on any atom is 0.308 e. The van der Waals surface area contributed by atoms with Gasteiger partial charge >= 0.3 is 5.97 Å². The first-order chi connectivity index (χ1) is 16.0. The van der Waals surface area contributed by atoms with E-state index in [0.717, 1.165) is 30.4 Å². The van der Waals surface area contributed by atoms with Crippen LogP contribution in [0, 0.1) is 0 Å². The smallest absolute Gasteiger partial charge is 0.308 e. The van der Waals surface area contributed by atoms with Crippen molar-refractivity contribution in [2.45, 2.75) is 38.6 Å². The van der Waals surface area contributed by atoms with E-state index >= 15 is 0 Å². The Morgan fingerprint density at radius 3 is 2.48 bits per heavy atom.